The molecule has 2 heterocycles. The van der Waals surface area contributed by atoms with Crippen LogP contribution in [-0.2, 0) is 13.0 Å². The van der Waals surface area contributed by atoms with Crippen molar-refractivity contribution in [2.45, 2.75) is 19.0 Å². The Bertz CT molecular complexity index is 1220. The van der Waals surface area contributed by atoms with Crippen LogP contribution in [0.4, 0.5) is 0 Å². The second kappa shape index (κ2) is 9.07. The Morgan fingerprint density at radius 3 is 2.75 bits per heavy atom. The molecular formula is C27H28N2O3. The summed E-state index contributed by atoms with van der Waals surface area (Å²) in [6, 6.07) is 25.1. The van der Waals surface area contributed by atoms with E-state index in [2.05, 4.69) is 58.4 Å². The summed E-state index contributed by atoms with van der Waals surface area (Å²) in [5.41, 5.74) is 6.16. The fourth-order valence-electron chi connectivity index (χ4n) is 4.84. The van der Waals surface area contributed by atoms with E-state index in [-0.39, 0.29) is 12.6 Å². The van der Waals surface area contributed by atoms with E-state index in [9.17, 15) is 0 Å². The number of nitrogens with one attached hydrogen (secondary N) is 1. The Morgan fingerprint density at radius 1 is 1.03 bits per heavy atom. The molecule has 32 heavy (non-hydrogen) atoms. The summed E-state index contributed by atoms with van der Waals surface area (Å²) in [7, 11) is 1.74. The van der Waals surface area contributed by atoms with Gasteiger partial charge in [-0.25, -0.2) is 0 Å². The number of aromatic nitrogens is 1. The molecule has 0 aliphatic carbocycles. The van der Waals surface area contributed by atoms with E-state index in [0.717, 1.165) is 36.6 Å². The van der Waals surface area contributed by atoms with E-state index in [1.807, 2.05) is 24.3 Å². The number of ether oxygens (including phenoxy) is 2. The number of benzene rings is 3. The van der Waals surface area contributed by atoms with E-state index in [1.54, 1.807) is 7.11 Å². The molecule has 0 saturated carbocycles. The SMILES string of the molecule is COc1ccccc1[C@@H]1c2[nH]c3ccccc3c2CCN1Cc1cccc(OCCO)c1. The minimum Gasteiger partial charge on any atom is -0.496 e. The van der Waals surface area contributed by atoms with E-state index < -0.39 is 0 Å². The predicted molar refractivity (Wildman–Crippen MR) is 126 cm³/mol. The number of hydrogen-bond acceptors (Lipinski definition) is 4. The highest BCUT2D eigenvalue weighted by molar-refractivity contribution is 5.85. The summed E-state index contributed by atoms with van der Waals surface area (Å²) in [6.07, 6.45) is 0.992. The highest BCUT2D eigenvalue weighted by Gasteiger charge is 2.33. The van der Waals surface area contributed by atoms with Crippen molar-refractivity contribution >= 4 is 10.9 Å². The van der Waals surface area contributed by atoms with Crippen LogP contribution in [0.5, 0.6) is 11.5 Å². The summed E-state index contributed by atoms with van der Waals surface area (Å²) >= 11 is 0. The normalized spacial score (nSPS) is 16.1. The molecule has 1 aliphatic rings. The molecule has 5 heteroatoms. The molecule has 4 aromatic rings. The van der Waals surface area contributed by atoms with Crippen molar-refractivity contribution in [3.05, 3.63) is 95.2 Å². The van der Waals surface area contributed by atoms with Crippen LogP contribution in [0.25, 0.3) is 10.9 Å². The first kappa shape index (κ1) is 20.6. The van der Waals surface area contributed by atoms with Gasteiger partial charge in [-0.2, -0.15) is 0 Å². The topological polar surface area (TPSA) is 57.7 Å². The summed E-state index contributed by atoms with van der Waals surface area (Å²) < 4.78 is 11.4. The predicted octanol–water partition coefficient (Wildman–Crippen LogP) is 4.70. The van der Waals surface area contributed by atoms with Crippen LogP contribution < -0.4 is 9.47 Å². The molecule has 3 aromatic carbocycles. The summed E-state index contributed by atoms with van der Waals surface area (Å²) in [4.78, 5) is 6.22. The third kappa shape index (κ3) is 3.85. The standard InChI is InChI=1S/C27H28N2O3/c1-31-25-12-5-3-10-23(25)27-26-22(21-9-2-4-11-24(21)28-26)13-14-29(27)18-19-7-6-8-20(17-19)32-16-15-30/h2-12,17,27-28,30H,13-16,18H2,1H3/t27-/m1/s1. The van der Waals surface area contributed by atoms with Crippen molar-refractivity contribution in [2.75, 3.05) is 26.9 Å². The quantitative estimate of drug-likeness (QED) is 0.448. The molecule has 0 fully saturated rings. The van der Waals surface area contributed by atoms with Crippen LogP contribution in [0.3, 0.4) is 0 Å². The van der Waals surface area contributed by atoms with Crippen molar-refractivity contribution in [3.8, 4) is 11.5 Å². The molecular weight excluding hydrogens is 400 g/mol. The third-order valence-electron chi connectivity index (χ3n) is 6.21. The fraction of sp³-hybridized carbons (Fsp3) is 0.259. The number of methoxy groups -OCH3 is 1. The second-order valence-corrected chi connectivity index (χ2v) is 8.15. The first-order valence-corrected chi connectivity index (χ1v) is 11.1. The van der Waals surface area contributed by atoms with E-state index in [4.69, 9.17) is 14.6 Å². The maximum atomic E-state index is 9.07. The van der Waals surface area contributed by atoms with Crippen LogP contribution >= 0.6 is 0 Å². The van der Waals surface area contributed by atoms with Crippen molar-refractivity contribution in [2.24, 2.45) is 0 Å². The number of para-hydroxylation sites is 2. The smallest absolute Gasteiger partial charge is 0.124 e. The third-order valence-corrected chi connectivity index (χ3v) is 6.21. The average molecular weight is 429 g/mol. The van der Waals surface area contributed by atoms with E-state index >= 15 is 0 Å². The highest BCUT2D eigenvalue weighted by atomic mass is 16.5. The number of rotatable bonds is 7. The van der Waals surface area contributed by atoms with Gasteiger partial charge in [0.15, 0.2) is 0 Å². The zero-order valence-electron chi connectivity index (χ0n) is 18.3. The molecule has 5 rings (SSSR count). The van der Waals surface area contributed by atoms with Gasteiger partial charge in [0.05, 0.1) is 19.8 Å². The highest BCUT2D eigenvalue weighted by Crippen LogP contribution is 2.42. The lowest BCUT2D eigenvalue weighted by Gasteiger charge is -2.37. The summed E-state index contributed by atoms with van der Waals surface area (Å²) in [6.45, 7) is 2.04. The Morgan fingerprint density at radius 2 is 1.88 bits per heavy atom. The largest absolute Gasteiger partial charge is 0.496 e. The Labute approximate surface area is 188 Å². The van der Waals surface area contributed by atoms with Gasteiger partial charge in [0.25, 0.3) is 0 Å². The number of hydrogen-bond donors (Lipinski definition) is 2. The number of aliphatic hydroxyl groups excluding tert-OH is 1. The molecule has 1 aliphatic heterocycles. The van der Waals surface area contributed by atoms with Crippen molar-refractivity contribution in [3.63, 3.8) is 0 Å². The van der Waals surface area contributed by atoms with Gasteiger partial charge >= 0.3 is 0 Å². The molecule has 164 valence electrons. The average Bonchev–Trinajstić information content (AvgIpc) is 3.21. The van der Waals surface area contributed by atoms with Crippen LogP contribution in [0, 0.1) is 0 Å². The second-order valence-electron chi connectivity index (χ2n) is 8.15. The zero-order valence-corrected chi connectivity index (χ0v) is 18.3. The minimum atomic E-state index is 0.00931. The molecule has 0 unspecified atom stereocenters. The molecule has 0 amide bonds. The van der Waals surface area contributed by atoms with Crippen molar-refractivity contribution < 1.29 is 14.6 Å². The van der Waals surface area contributed by atoms with Crippen molar-refractivity contribution in [1.29, 1.82) is 0 Å². The fourth-order valence-corrected chi connectivity index (χ4v) is 4.84. The van der Waals surface area contributed by atoms with E-state index in [1.165, 1.54) is 27.7 Å². The Kier molecular flexibility index (Phi) is 5.84. The zero-order chi connectivity index (χ0) is 21.9. The molecule has 0 radical (unpaired) electrons. The molecule has 0 bridgehead atoms. The summed E-state index contributed by atoms with van der Waals surface area (Å²) in [5.74, 6) is 1.68. The first-order valence-electron chi connectivity index (χ1n) is 11.1. The molecule has 2 N–H and O–H groups in total. The first-order chi connectivity index (χ1) is 15.8. The van der Waals surface area contributed by atoms with Gasteiger partial charge in [0.2, 0.25) is 0 Å². The lowest BCUT2D eigenvalue weighted by Crippen LogP contribution is -2.35. The van der Waals surface area contributed by atoms with Gasteiger partial charge in [0, 0.05) is 35.2 Å². The van der Waals surface area contributed by atoms with Gasteiger partial charge in [-0.3, -0.25) is 4.90 Å². The Hall–Kier alpha value is -3.28. The number of fused-ring (bicyclic) bond motifs is 3. The van der Waals surface area contributed by atoms with Crippen LogP contribution in [-0.4, -0.2) is 41.9 Å². The van der Waals surface area contributed by atoms with Gasteiger partial charge in [-0.05, 0) is 41.8 Å². The summed E-state index contributed by atoms with van der Waals surface area (Å²) in [5, 5.41) is 10.4. The lowest BCUT2D eigenvalue weighted by molar-refractivity contribution is 0.195. The van der Waals surface area contributed by atoms with Gasteiger partial charge in [0.1, 0.15) is 18.1 Å². The van der Waals surface area contributed by atoms with Gasteiger partial charge in [-0.1, -0.05) is 48.5 Å². The minimum absolute atomic E-state index is 0.00931. The van der Waals surface area contributed by atoms with Crippen LogP contribution in [0.1, 0.15) is 28.4 Å². The van der Waals surface area contributed by atoms with Crippen molar-refractivity contribution in [1.82, 2.24) is 9.88 Å². The lowest BCUT2D eigenvalue weighted by atomic mass is 9.91. The van der Waals surface area contributed by atoms with E-state index in [0.29, 0.717) is 6.61 Å². The number of nitrogens with zero attached hydrogens (tertiary/aromatic N) is 1. The molecule has 5 nitrogen and oxygen atoms in total. The van der Waals surface area contributed by atoms with Gasteiger partial charge < -0.3 is 19.6 Å². The van der Waals surface area contributed by atoms with Crippen LogP contribution in [0.15, 0.2) is 72.8 Å². The maximum absolute atomic E-state index is 9.07. The number of aliphatic hydroxyl groups is 1. The number of aromatic amines is 1. The van der Waals surface area contributed by atoms with Gasteiger partial charge in [-0.15, -0.1) is 0 Å². The molecule has 0 saturated heterocycles. The van der Waals surface area contributed by atoms with Crippen LogP contribution in [0.2, 0.25) is 0 Å². The maximum Gasteiger partial charge on any atom is 0.124 e. The monoisotopic (exact) mass is 428 g/mol. The molecule has 1 atom stereocenters. The molecule has 0 spiro atoms. The Balaban J connectivity index is 1.56. The molecule has 1 aromatic heterocycles. The number of H-pyrrole nitrogens is 1.